The van der Waals surface area contributed by atoms with Crippen LogP contribution in [0.4, 0.5) is 0 Å². The van der Waals surface area contributed by atoms with Gasteiger partial charge in [0.2, 0.25) is 0 Å². The van der Waals surface area contributed by atoms with Crippen LogP contribution in [0.1, 0.15) is 66.2 Å². The van der Waals surface area contributed by atoms with Gasteiger partial charge < -0.3 is 25.2 Å². The predicted octanol–water partition coefficient (Wildman–Crippen LogP) is 2.18. The first-order chi connectivity index (χ1) is 12.2. The van der Waals surface area contributed by atoms with Gasteiger partial charge in [0.1, 0.15) is 24.9 Å². The second-order valence-corrected chi connectivity index (χ2v) is 7.75. The van der Waals surface area contributed by atoms with Crippen molar-refractivity contribution in [2.45, 2.75) is 84.5 Å². The molecule has 0 aliphatic rings. The Morgan fingerprint density at radius 1 is 1.00 bits per heavy atom. The monoisotopic (exact) mass is 374 g/mol. The first kappa shape index (κ1) is 25.1. The maximum atomic E-state index is 11.7. The molecule has 4 atom stereocenters. The third kappa shape index (κ3) is 12.4. The molecule has 0 amide bonds. The number of aliphatic hydroxyl groups is 4. The van der Waals surface area contributed by atoms with Crippen molar-refractivity contribution in [1.82, 2.24) is 0 Å². The summed E-state index contributed by atoms with van der Waals surface area (Å²) in [6.45, 7) is 7.50. The number of aliphatic hydroxyl groups excluding tert-OH is 4. The van der Waals surface area contributed by atoms with Gasteiger partial charge in [-0.2, -0.15) is 0 Å². The van der Waals surface area contributed by atoms with Crippen molar-refractivity contribution < 1.29 is 30.0 Å². The number of esters is 1. The molecule has 0 spiro atoms. The minimum Gasteiger partial charge on any atom is -0.460 e. The molecule has 0 aromatic rings. The van der Waals surface area contributed by atoms with Crippen molar-refractivity contribution in [1.29, 1.82) is 0 Å². The van der Waals surface area contributed by atoms with Crippen molar-refractivity contribution in [2.24, 2.45) is 11.8 Å². The minimum absolute atomic E-state index is 0.437. The molecule has 0 aromatic carbocycles. The maximum Gasteiger partial charge on any atom is 0.330 e. The van der Waals surface area contributed by atoms with Gasteiger partial charge in [0.05, 0.1) is 6.61 Å². The molecule has 6 heteroatoms. The second-order valence-electron chi connectivity index (χ2n) is 7.75. The van der Waals surface area contributed by atoms with Crippen LogP contribution in [0.5, 0.6) is 0 Å². The van der Waals surface area contributed by atoms with Gasteiger partial charge in [-0.1, -0.05) is 52.0 Å². The average Bonchev–Trinajstić information content (AvgIpc) is 2.57. The van der Waals surface area contributed by atoms with E-state index in [1.165, 1.54) is 25.3 Å². The number of carbonyl (C=O) groups is 1. The molecule has 0 aromatic heterocycles. The average molecular weight is 375 g/mol. The zero-order valence-corrected chi connectivity index (χ0v) is 16.7. The van der Waals surface area contributed by atoms with Gasteiger partial charge in [-0.25, -0.2) is 4.79 Å². The highest BCUT2D eigenvalue weighted by molar-refractivity contribution is 5.82. The molecule has 1 unspecified atom stereocenters. The number of allylic oxidation sites excluding steroid dienone is 1. The summed E-state index contributed by atoms with van der Waals surface area (Å²) in [6, 6.07) is 0. The lowest BCUT2D eigenvalue weighted by atomic mass is 9.94. The first-order valence-corrected chi connectivity index (χ1v) is 9.66. The van der Waals surface area contributed by atoms with E-state index in [1.54, 1.807) is 0 Å². The molecule has 0 saturated heterocycles. The highest BCUT2D eigenvalue weighted by Gasteiger charge is 2.25. The Kier molecular flexibility index (Phi) is 13.6. The lowest BCUT2D eigenvalue weighted by Gasteiger charge is -2.20. The maximum absolute atomic E-state index is 11.7. The van der Waals surface area contributed by atoms with E-state index in [0.29, 0.717) is 5.92 Å². The van der Waals surface area contributed by atoms with E-state index in [-0.39, 0.29) is 0 Å². The molecule has 26 heavy (non-hydrogen) atoms. The molecular weight excluding hydrogens is 336 g/mol. The summed E-state index contributed by atoms with van der Waals surface area (Å²) < 4.78 is 4.88. The van der Waals surface area contributed by atoms with Gasteiger partial charge in [0.15, 0.2) is 0 Å². The molecule has 0 fully saturated rings. The van der Waals surface area contributed by atoms with Crippen molar-refractivity contribution in [3.05, 3.63) is 11.6 Å². The van der Waals surface area contributed by atoms with Gasteiger partial charge >= 0.3 is 5.97 Å². The van der Waals surface area contributed by atoms with Gasteiger partial charge in [-0.15, -0.1) is 0 Å². The van der Waals surface area contributed by atoms with Gasteiger partial charge in [0.25, 0.3) is 0 Å². The lowest BCUT2D eigenvalue weighted by Crippen LogP contribution is -2.42. The van der Waals surface area contributed by atoms with Crippen molar-refractivity contribution in [2.75, 3.05) is 13.2 Å². The first-order valence-electron chi connectivity index (χ1n) is 9.66. The van der Waals surface area contributed by atoms with E-state index >= 15 is 0 Å². The fraction of sp³-hybridized carbons (Fsp3) is 0.850. The molecular formula is C20H38O6. The molecule has 154 valence electrons. The van der Waals surface area contributed by atoms with Crippen LogP contribution in [0.25, 0.3) is 0 Å². The lowest BCUT2D eigenvalue weighted by molar-refractivity contribution is -0.146. The van der Waals surface area contributed by atoms with E-state index in [2.05, 4.69) is 20.8 Å². The summed E-state index contributed by atoms with van der Waals surface area (Å²) in [5.74, 6) is 0.852. The molecule has 4 N–H and O–H groups in total. The molecule has 0 saturated carbocycles. The summed E-state index contributed by atoms with van der Waals surface area (Å²) in [4.78, 5) is 11.7. The van der Waals surface area contributed by atoms with Crippen LogP contribution in [0.2, 0.25) is 0 Å². The fourth-order valence-corrected chi connectivity index (χ4v) is 2.69. The number of carbonyl (C=O) groups excluding carboxylic acids is 1. The summed E-state index contributed by atoms with van der Waals surface area (Å²) in [5.41, 5.74) is 0.912. The van der Waals surface area contributed by atoms with Crippen molar-refractivity contribution >= 4 is 5.97 Å². The Hall–Kier alpha value is -0.950. The Morgan fingerprint density at radius 3 is 2.19 bits per heavy atom. The third-order valence-electron chi connectivity index (χ3n) is 4.48. The minimum atomic E-state index is -1.56. The standard InChI is InChI=1S/C20H38O6/c1-14(2)7-5-8-15(3)9-6-10-16(4)11-19(24)26-13-18(23)20(25)17(22)12-21/h11,14-15,17-18,20-23,25H,5-10,12-13H2,1-4H3/b16-11+/t15?,17-,18+,20+/m1/s1. The Bertz CT molecular complexity index is 407. The van der Waals surface area contributed by atoms with Crippen LogP contribution in [0.3, 0.4) is 0 Å². The quantitative estimate of drug-likeness (QED) is 0.274. The number of ether oxygens (including phenoxy) is 1. The predicted molar refractivity (Wildman–Crippen MR) is 102 cm³/mol. The summed E-state index contributed by atoms with van der Waals surface area (Å²) in [7, 11) is 0. The zero-order chi connectivity index (χ0) is 20.1. The highest BCUT2D eigenvalue weighted by atomic mass is 16.5. The fourth-order valence-electron chi connectivity index (χ4n) is 2.69. The van der Waals surface area contributed by atoms with Crippen LogP contribution in [-0.2, 0) is 9.53 Å². The van der Waals surface area contributed by atoms with Crippen LogP contribution in [0.15, 0.2) is 11.6 Å². The Morgan fingerprint density at radius 2 is 1.62 bits per heavy atom. The number of hydrogen-bond acceptors (Lipinski definition) is 6. The SMILES string of the molecule is C/C(=C\C(=O)OC[C@H](O)[C@@H](O)[C@H](O)CO)CCCC(C)CCCC(C)C. The van der Waals surface area contributed by atoms with Gasteiger partial charge in [-0.3, -0.25) is 0 Å². The summed E-state index contributed by atoms with van der Waals surface area (Å²) in [5, 5.41) is 37.0. The van der Waals surface area contributed by atoms with Crippen LogP contribution in [-0.4, -0.2) is 57.9 Å². The van der Waals surface area contributed by atoms with Gasteiger partial charge in [0, 0.05) is 6.08 Å². The van der Waals surface area contributed by atoms with E-state index in [9.17, 15) is 20.1 Å². The zero-order valence-electron chi connectivity index (χ0n) is 16.7. The molecule has 0 heterocycles. The molecule has 0 bridgehead atoms. The molecule has 0 rings (SSSR count). The molecule has 0 aliphatic heterocycles. The van der Waals surface area contributed by atoms with Crippen LogP contribution < -0.4 is 0 Å². The molecule has 0 aliphatic carbocycles. The molecule has 6 nitrogen and oxygen atoms in total. The Labute approximate surface area is 157 Å². The highest BCUT2D eigenvalue weighted by Crippen LogP contribution is 2.19. The van der Waals surface area contributed by atoms with E-state index in [4.69, 9.17) is 9.84 Å². The molecule has 0 radical (unpaired) electrons. The topological polar surface area (TPSA) is 107 Å². The van der Waals surface area contributed by atoms with Crippen LogP contribution in [0, 0.1) is 11.8 Å². The van der Waals surface area contributed by atoms with Crippen LogP contribution >= 0.6 is 0 Å². The third-order valence-corrected chi connectivity index (χ3v) is 4.48. The Balaban J connectivity index is 4.02. The number of rotatable bonds is 14. The summed E-state index contributed by atoms with van der Waals surface area (Å²) in [6.07, 6.45) is 3.65. The number of hydrogen-bond donors (Lipinski definition) is 4. The van der Waals surface area contributed by atoms with Crippen molar-refractivity contribution in [3.63, 3.8) is 0 Å². The normalized spacial score (nSPS) is 17.0. The summed E-state index contributed by atoms with van der Waals surface area (Å²) >= 11 is 0. The van der Waals surface area contributed by atoms with E-state index < -0.39 is 37.5 Å². The largest absolute Gasteiger partial charge is 0.460 e. The van der Waals surface area contributed by atoms with E-state index in [1.807, 2.05) is 6.92 Å². The van der Waals surface area contributed by atoms with Crippen molar-refractivity contribution in [3.8, 4) is 0 Å². The smallest absolute Gasteiger partial charge is 0.330 e. The van der Waals surface area contributed by atoms with Gasteiger partial charge in [-0.05, 0) is 31.6 Å². The van der Waals surface area contributed by atoms with E-state index in [0.717, 1.165) is 30.8 Å². The second kappa shape index (κ2) is 14.2.